The summed E-state index contributed by atoms with van der Waals surface area (Å²) in [5.41, 5.74) is 6.74. The minimum atomic E-state index is -0.123. The van der Waals surface area contributed by atoms with Crippen molar-refractivity contribution in [1.29, 1.82) is 0 Å². The first kappa shape index (κ1) is 9.08. The Balaban J connectivity index is 2.21. The zero-order valence-corrected chi connectivity index (χ0v) is 8.06. The van der Waals surface area contributed by atoms with E-state index in [0.29, 0.717) is 24.5 Å². The van der Waals surface area contributed by atoms with E-state index in [2.05, 4.69) is 0 Å². The maximum absolute atomic E-state index is 11.8. The maximum Gasteiger partial charge on any atom is 0.294 e. The van der Waals surface area contributed by atoms with E-state index in [4.69, 9.17) is 10.6 Å². The second kappa shape index (κ2) is 3.34. The van der Waals surface area contributed by atoms with E-state index in [1.807, 2.05) is 0 Å². The molecule has 1 aromatic rings. The number of hydrogen-bond acceptors (Lipinski definition) is 3. The molecule has 5 heteroatoms. The van der Waals surface area contributed by atoms with Gasteiger partial charge in [-0.2, -0.15) is 0 Å². The van der Waals surface area contributed by atoms with Gasteiger partial charge in [0.05, 0.1) is 18.8 Å². The maximum atomic E-state index is 11.8. The van der Waals surface area contributed by atoms with Crippen molar-refractivity contribution in [3.05, 3.63) is 18.0 Å². The number of hydrogen-bond donors (Lipinski definition) is 1. The Hall–Kier alpha value is -1.49. The lowest BCUT2D eigenvalue weighted by atomic mass is 10.3. The van der Waals surface area contributed by atoms with Crippen LogP contribution in [0, 0.1) is 0 Å². The zero-order chi connectivity index (χ0) is 10.1. The van der Waals surface area contributed by atoms with Gasteiger partial charge >= 0.3 is 0 Å². The minimum absolute atomic E-state index is 0.123. The molecular weight excluding hydrogens is 182 g/mol. The highest BCUT2D eigenvalue weighted by Gasteiger charge is 2.22. The van der Waals surface area contributed by atoms with Crippen molar-refractivity contribution in [1.82, 2.24) is 9.63 Å². The van der Waals surface area contributed by atoms with Crippen molar-refractivity contribution in [2.75, 3.05) is 18.9 Å². The summed E-state index contributed by atoms with van der Waals surface area (Å²) in [5, 5.41) is 1.38. The highest BCUT2D eigenvalue weighted by atomic mass is 16.7. The molecule has 0 radical (unpaired) electrons. The average Bonchev–Trinajstić information content (AvgIpc) is 2.73. The predicted molar refractivity (Wildman–Crippen MR) is 51.4 cm³/mol. The van der Waals surface area contributed by atoms with E-state index in [1.54, 1.807) is 23.9 Å². The summed E-state index contributed by atoms with van der Waals surface area (Å²) in [5.74, 6) is -0.123. The van der Waals surface area contributed by atoms with Gasteiger partial charge in [0.15, 0.2) is 0 Å². The molecule has 0 atom stereocenters. The molecule has 2 N–H and O–H groups in total. The van der Waals surface area contributed by atoms with Crippen LogP contribution in [-0.4, -0.2) is 28.7 Å². The Labute approximate surface area is 82.0 Å². The third-order valence-corrected chi connectivity index (χ3v) is 2.22. The van der Waals surface area contributed by atoms with Gasteiger partial charge in [-0.25, -0.2) is 5.06 Å². The molecule has 1 fully saturated rings. The van der Waals surface area contributed by atoms with Gasteiger partial charge in [0, 0.05) is 13.2 Å². The van der Waals surface area contributed by atoms with Crippen molar-refractivity contribution in [3.8, 4) is 0 Å². The standard InChI is InChI=1S/C9H13N3O2/c1-11-6-7(10)5-8(11)9(13)12-3-2-4-14-12/h5-6H,2-4,10H2,1H3. The molecule has 0 bridgehead atoms. The molecule has 1 amide bonds. The summed E-state index contributed by atoms with van der Waals surface area (Å²) in [6.07, 6.45) is 2.61. The van der Waals surface area contributed by atoms with Crippen LogP contribution in [-0.2, 0) is 11.9 Å². The van der Waals surface area contributed by atoms with E-state index in [-0.39, 0.29) is 5.91 Å². The Morgan fingerprint density at radius 3 is 2.93 bits per heavy atom. The summed E-state index contributed by atoms with van der Waals surface area (Å²) in [6, 6.07) is 1.66. The largest absolute Gasteiger partial charge is 0.397 e. The molecule has 1 aliphatic heterocycles. The van der Waals surface area contributed by atoms with E-state index in [1.165, 1.54) is 5.06 Å². The number of hydroxylamine groups is 2. The molecule has 1 aromatic heterocycles. The van der Waals surface area contributed by atoms with Gasteiger partial charge in [-0.15, -0.1) is 0 Å². The average molecular weight is 195 g/mol. The van der Waals surface area contributed by atoms with Crippen molar-refractivity contribution in [3.63, 3.8) is 0 Å². The number of anilines is 1. The predicted octanol–water partition coefficient (Wildman–Crippen LogP) is 0.385. The van der Waals surface area contributed by atoms with Crippen LogP contribution in [0.5, 0.6) is 0 Å². The lowest BCUT2D eigenvalue weighted by Gasteiger charge is -2.13. The number of rotatable bonds is 1. The van der Waals surface area contributed by atoms with E-state index < -0.39 is 0 Å². The van der Waals surface area contributed by atoms with Crippen LogP contribution in [0.25, 0.3) is 0 Å². The first-order chi connectivity index (χ1) is 6.68. The van der Waals surface area contributed by atoms with Gasteiger partial charge in [-0.3, -0.25) is 9.63 Å². The van der Waals surface area contributed by atoms with Crippen molar-refractivity contribution >= 4 is 11.6 Å². The molecule has 0 aromatic carbocycles. The third-order valence-electron chi connectivity index (χ3n) is 2.22. The third kappa shape index (κ3) is 1.46. The van der Waals surface area contributed by atoms with Crippen LogP contribution < -0.4 is 5.73 Å². The smallest absolute Gasteiger partial charge is 0.294 e. The Kier molecular flexibility index (Phi) is 2.17. The van der Waals surface area contributed by atoms with Crippen molar-refractivity contribution in [2.24, 2.45) is 7.05 Å². The van der Waals surface area contributed by atoms with E-state index >= 15 is 0 Å². The fraction of sp³-hybridized carbons (Fsp3) is 0.444. The second-order valence-electron chi connectivity index (χ2n) is 3.36. The van der Waals surface area contributed by atoms with Crippen LogP contribution in [0.2, 0.25) is 0 Å². The van der Waals surface area contributed by atoms with Crippen LogP contribution in [0.3, 0.4) is 0 Å². The molecule has 2 rings (SSSR count). The topological polar surface area (TPSA) is 60.5 Å². The van der Waals surface area contributed by atoms with Crippen LogP contribution in [0.1, 0.15) is 16.9 Å². The van der Waals surface area contributed by atoms with Crippen LogP contribution in [0.15, 0.2) is 12.3 Å². The fourth-order valence-electron chi connectivity index (χ4n) is 1.54. The molecule has 0 aliphatic carbocycles. The number of carbonyl (C=O) groups excluding carboxylic acids is 1. The number of carbonyl (C=O) groups is 1. The number of aryl methyl sites for hydroxylation is 1. The van der Waals surface area contributed by atoms with E-state index in [9.17, 15) is 4.79 Å². The molecule has 0 spiro atoms. The molecule has 0 saturated carbocycles. The Bertz CT molecular complexity index is 353. The van der Waals surface area contributed by atoms with Crippen LogP contribution in [0.4, 0.5) is 5.69 Å². The quantitative estimate of drug-likeness (QED) is 0.705. The normalized spacial score (nSPS) is 16.2. The molecule has 76 valence electrons. The van der Waals surface area contributed by atoms with Gasteiger partial charge in [-0.1, -0.05) is 0 Å². The molecule has 0 unspecified atom stereocenters. The van der Waals surface area contributed by atoms with Gasteiger partial charge in [0.2, 0.25) is 0 Å². The van der Waals surface area contributed by atoms with Gasteiger partial charge in [0.25, 0.3) is 5.91 Å². The molecular formula is C9H13N3O2. The van der Waals surface area contributed by atoms with Gasteiger partial charge < -0.3 is 10.3 Å². The monoisotopic (exact) mass is 195 g/mol. The molecule has 5 nitrogen and oxygen atoms in total. The fourth-order valence-corrected chi connectivity index (χ4v) is 1.54. The second-order valence-corrected chi connectivity index (χ2v) is 3.36. The zero-order valence-electron chi connectivity index (χ0n) is 8.06. The van der Waals surface area contributed by atoms with E-state index in [0.717, 1.165) is 6.42 Å². The number of nitrogens with two attached hydrogens (primary N) is 1. The molecule has 1 saturated heterocycles. The molecule has 1 aliphatic rings. The van der Waals surface area contributed by atoms with Gasteiger partial charge in [0.1, 0.15) is 5.69 Å². The lowest BCUT2D eigenvalue weighted by Crippen LogP contribution is -2.28. The number of aromatic nitrogens is 1. The number of nitrogen functional groups attached to an aromatic ring is 1. The Morgan fingerprint density at radius 1 is 1.64 bits per heavy atom. The lowest BCUT2D eigenvalue weighted by molar-refractivity contribution is -0.0773. The first-order valence-corrected chi connectivity index (χ1v) is 4.55. The summed E-state index contributed by atoms with van der Waals surface area (Å²) in [6.45, 7) is 1.27. The summed E-state index contributed by atoms with van der Waals surface area (Å²) < 4.78 is 1.71. The highest BCUT2D eigenvalue weighted by molar-refractivity contribution is 5.93. The van der Waals surface area contributed by atoms with Gasteiger partial charge in [-0.05, 0) is 12.5 Å². The number of nitrogens with zero attached hydrogens (tertiary/aromatic N) is 2. The minimum Gasteiger partial charge on any atom is -0.397 e. The highest BCUT2D eigenvalue weighted by Crippen LogP contribution is 2.14. The summed E-state index contributed by atoms with van der Waals surface area (Å²) in [4.78, 5) is 17.0. The summed E-state index contributed by atoms with van der Waals surface area (Å²) in [7, 11) is 1.79. The van der Waals surface area contributed by atoms with Crippen molar-refractivity contribution in [2.45, 2.75) is 6.42 Å². The Morgan fingerprint density at radius 2 is 2.43 bits per heavy atom. The number of amides is 1. The summed E-state index contributed by atoms with van der Waals surface area (Å²) >= 11 is 0. The van der Waals surface area contributed by atoms with Crippen molar-refractivity contribution < 1.29 is 9.63 Å². The molecule has 14 heavy (non-hydrogen) atoms. The first-order valence-electron chi connectivity index (χ1n) is 4.55. The van der Waals surface area contributed by atoms with Crippen LogP contribution >= 0.6 is 0 Å². The molecule has 2 heterocycles. The SMILES string of the molecule is Cn1cc(N)cc1C(=O)N1CCCO1.